The average Bonchev–Trinajstić information content (AvgIpc) is 2.48. The fourth-order valence-corrected chi connectivity index (χ4v) is 3.84. The van der Waals surface area contributed by atoms with Crippen molar-refractivity contribution in [3.05, 3.63) is 0 Å². The minimum absolute atomic E-state index is 0. The van der Waals surface area contributed by atoms with Gasteiger partial charge in [-0.05, 0) is 50.9 Å². The first-order valence-electron chi connectivity index (χ1n) is 9.32. The highest BCUT2D eigenvalue weighted by molar-refractivity contribution is 14.0. The van der Waals surface area contributed by atoms with Gasteiger partial charge in [0.25, 0.3) is 0 Å². The molecule has 0 aromatic rings. The lowest BCUT2D eigenvalue weighted by Crippen LogP contribution is -2.41. The highest BCUT2D eigenvalue weighted by atomic mass is 127. The highest BCUT2D eigenvalue weighted by Gasteiger charge is 2.37. The number of aliphatic imine (C=N–C) groups is 1. The van der Waals surface area contributed by atoms with Crippen LogP contribution in [0.4, 0.5) is 0 Å². The molecule has 1 saturated carbocycles. The third-order valence-electron chi connectivity index (χ3n) is 4.52. The zero-order chi connectivity index (χ0) is 18.1. The first-order chi connectivity index (χ1) is 11.3. The normalized spacial score (nSPS) is 16.9. The third-order valence-corrected chi connectivity index (χ3v) is 5.92. The summed E-state index contributed by atoms with van der Waals surface area (Å²) in [5.41, 5.74) is 0.396. The van der Waals surface area contributed by atoms with Crippen molar-refractivity contribution in [1.29, 1.82) is 0 Å². The maximum absolute atomic E-state index is 11.4. The average molecular weight is 488 g/mol. The molecular weight excluding hydrogens is 451 g/mol. The molecule has 0 bridgehead atoms. The lowest BCUT2D eigenvalue weighted by Gasteiger charge is -2.42. The molecule has 0 heterocycles. The van der Waals surface area contributed by atoms with E-state index in [4.69, 9.17) is 4.99 Å². The molecule has 0 unspecified atom stereocenters. The number of halogens is 1. The molecule has 150 valence electrons. The Labute approximate surface area is 171 Å². The summed E-state index contributed by atoms with van der Waals surface area (Å²) < 4.78 is 25.3. The fourth-order valence-electron chi connectivity index (χ4n) is 3.18. The van der Waals surface area contributed by atoms with Crippen molar-refractivity contribution < 1.29 is 8.42 Å². The van der Waals surface area contributed by atoms with Gasteiger partial charge in [0.15, 0.2) is 5.96 Å². The van der Waals surface area contributed by atoms with Crippen molar-refractivity contribution in [2.24, 2.45) is 16.3 Å². The smallest absolute Gasteiger partial charge is 0.211 e. The van der Waals surface area contributed by atoms with Crippen LogP contribution in [0.15, 0.2) is 4.99 Å². The molecule has 0 amide bonds. The summed E-state index contributed by atoms with van der Waals surface area (Å²) in [6.07, 6.45) is 5.87. The molecule has 0 aliphatic heterocycles. The quantitative estimate of drug-likeness (QED) is 0.181. The lowest BCUT2D eigenvalue weighted by molar-refractivity contribution is 0.111. The van der Waals surface area contributed by atoms with Crippen molar-refractivity contribution in [2.45, 2.75) is 59.8 Å². The summed E-state index contributed by atoms with van der Waals surface area (Å²) in [7, 11) is -3.09. The summed E-state index contributed by atoms with van der Waals surface area (Å²) in [5.74, 6) is 1.68. The van der Waals surface area contributed by atoms with E-state index in [0.29, 0.717) is 24.4 Å². The SMILES string of the molecule is CCNC(=NCC1(CC(C)C)CCC1)NCCCNS(=O)(=O)CC.I. The maximum Gasteiger partial charge on any atom is 0.211 e. The van der Waals surface area contributed by atoms with Crippen molar-refractivity contribution in [3.8, 4) is 0 Å². The second kappa shape index (κ2) is 12.3. The Morgan fingerprint density at radius 2 is 1.84 bits per heavy atom. The van der Waals surface area contributed by atoms with Gasteiger partial charge in [0.2, 0.25) is 10.0 Å². The third kappa shape index (κ3) is 9.98. The van der Waals surface area contributed by atoms with Crippen LogP contribution in [0, 0.1) is 11.3 Å². The van der Waals surface area contributed by atoms with Crippen LogP contribution in [0.1, 0.15) is 59.8 Å². The summed E-state index contributed by atoms with van der Waals surface area (Å²) >= 11 is 0. The van der Waals surface area contributed by atoms with Gasteiger partial charge in [-0.25, -0.2) is 13.1 Å². The predicted octanol–water partition coefficient (Wildman–Crippen LogP) is 2.71. The zero-order valence-corrected chi connectivity index (χ0v) is 19.4. The number of guanidine groups is 1. The van der Waals surface area contributed by atoms with E-state index in [1.54, 1.807) is 6.92 Å². The largest absolute Gasteiger partial charge is 0.357 e. The number of nitrogens with one attached hydrogen (secondary N) is 3. The van der Waals surface area contributed by atoms with E-state index in [0.717, 1.165) is 25.5 Å². The number of hydrogen-bond donors (Lipinski definition) is 3. The van der Waals surface area contributed by atoms with Crippen molar-refractivity contribution in [1.82, 2.24) is 15.4 Å². The van der Waals surface area contributed by atoms with E-state index in [1.807, 2.05) is 0 Å². The van der Waals surface area contributed by atoms with Gasteiger partial charge in [0.05, 0.1) is 5.75 Å². The minimum atomic E-state index is -3.09. The Morgan fingerprint density at radius 3 is 2.32 bits per heavy atom. The monoisotopic (exact) mass is 488 g/mol. The Bertz CT molecular complexity index is 491. The van der Waals surface area contributed by atoms with Gasteiger partial charge in [0, 0.05) is 26.2 Å². The van der Waals surface area contributed by atoms with Crippen LogP contribution >= 0.6 is 24.0 Å². The van der Waals surface area contributed by atoms with Crippen LogP contribution in [-0.2, 0) is 10.0 Å². The zero-order valence-electron chi connectivity index (χ0n) is 16.2. The molecule has 1 aliphatic rings. The molecule has 0 aromatic heterocycles. The summed E-state index contributed by atoms with van der Waals surface area (Å²) in [6.45, 7) is 11.1. The molecule has 1 rings (SSSR count). The van der Waals surface area contributed by atoms with Crippen LogP contribution < -0.4 is 15.4 Å². The Kier molecular flexibility index (Phi) is 12.3. The van der Waals surface area contributed by atoms with Crippen molar-refractivity contribution in [2.75, 3.05) is 31.9 Å². The Balaban J connectivity index is 0.00000576. The van der Waals surface area contributed by atoms with Gasteiger partial charge in [-0.1, -0.05) is 20.3 Å². The van der Waals surface area contributed by atoms with Crippen LogP contribution in [-0.4, -0.2) is 46.3 Å². The van der Waals surface area contributed by atoms with Crippen LogP contribution in [0.25, 0.3) is 0 Å². The second-order valence-corrected chi connectivity index (χ2v) is 9.32. The van der Waals surface area contributed by atoms with Crippen LogP contribution in [0.2, 0.25) is 0 Å². The Hall–Kier alpha value is -0.0900. The molecule has 1 fully saturated rings. The van der Waals surface area contributed by atoms with E-state index in [2.05, 4.69) is 36.1 Å². The van der Waals surface area contributed by atoms with Gasteiger partial charge in [-0.3, -0.25) is 4.99 Å². The predicted molar refractivity (Wildman–Crippen MR) is 117 cm³/mol. The minimum Gasteiger partial charge on any atom is -0.357 e. The van der Waals surface area contributed by atoms with Gasteiger partial charge in [0.1, 0.15) is 0 Å². The number of sulfonamides is 1. The van der Waals surface area contributed by atoms with Gasteiger partial charge >= 0.3 is 0 Å². The molecule has 0 aromatic carbocycles. The standard InChI is InChI=1S/C17H36N4O2S.HI/c1-5-18-16(19-11-8-12-21-24(22,23)6-2)20-14-17(9-7-10-17)13-15(3)4;/h15,21H,5-14H2,1-4H3,(H2,18,19,20);1H. The van der Waals surface area contributed by atoms with Crippen LogP contribution in [0.3, 0.4) is 0 Å². The Morgan fingerprint density at radius 1 is 1.16 bits per heavy atom. The molecule has 0 spiro atoms. The van der Waals surface area contributed by atoms with Crippen LogP contribution in [0.5, 0.6) is 0 Å². The van der Waals surface area contributed by atoms with E-state index in [-0.39, 0.29) is 29.7 Å². The number of hydrogen-bond acceptors (Lipinski definition) is 3. The van der Waals surface area contributed by atoms with E-state index < -0.39 is 10.0 Å². The second-order valence-electron chi connectivity index (χ2n) is 7.22. The fraction of sp³-hybridized carbons (Fsp3) is 0.941. The number of rotatable bonds is 11. The van der Waals surface area contributed by atoms with Crippen molar-refractivity contribution >= 4 is 40.0 Å². The number of nitrogens with zero attached hydrogens (tertiary/aromatic N) is 1. The van der Waals surface area contributed by atoms with E-state index in [9.17, 15) is 8.42 Å². The van der Waals surface area contributed by atoms with E-state index in [1.165, 1.54) is 25.7 Å². The summed E-state index contributed by atoms with van der Waals surface area (Å²) in [5, 5.41) is 6.58. The highest BCUT2D eigenvalue weighted by Crippen LogP contribution is 2.46. The van der Waals surface area contributed by atoms with Gasteiger partial charge in [-0.15, -0.1) is 24.0 Å². The summed E-state index contributed by atoms with van der Waals surface area (Å²) in [6, 6.07) is 0. The molecule has 3 N–H and O–H groups in total. The molecule has 6 nitrogen and oxygen atoms in total. The first kappa shape index (κ1) is 24.9. The molecule has 1 aliphatic carbocycles. The van der Waals surface area contributed by atoms with Gasteiger partial charge in [-0.2, -0.15) is 0 Å². The molecular formula is C17H37IN4O2S. The molecule has 0 atom stereocenters. The molecule has 0 saturated heterocycles. The molecule has 25 heavy (non-hydrogen) atoms. The van der Waals surface area contributed by atoms with E-state index >= 15 is 0 Å². The topological polar surface area (TPSA) is 82.6 Å². The van der Waals surface area contributed by atoms with Crippen molar-refractivity contribution in [3.63, 3.8) is 0 Å². The maximum atomic E-state index is 11.4. The molecule has 8 heteroatoms. The lowest BCUT2D eigenvalue weighted by atomic mass is 9.64. The first-order valence-corrected chi connectivity index (χ1v) is 11.0. The van der Waals surface area contributed by atoms with Gasteiger partial charge < -0.3 is 10.6 Å². The summed E-state index contributed by atoms with van der Waals surface area (Å²) in [4.78, 5) is 4.78. The molecule has 0 radical (unpaired) electrons.